The van der Waals surface area contributed by atoms with Crippen LogP contribution in [0.4, 0.5) is 0 Å². The molecule has 2 aliphatic rings. The number of piperidine rings is 1. The number of rotatable bonds is 7. The van der Waals surface area contributed by atoms with E-state index in [9.17, 15) is 9.59 Å². The highest BCUT2D eigenvalue weighted by atomic mass is 35.5. The average molecular weight is 547 g/mol. The van der Waals surface area contributed by atoms with E-state index in [0.29, 0.717) is 21.8 Å². The van der Waals surface area contributed by atoms with Gasteiger partial charge in [-0.05, 0) is 56.7 Å². The van der Waals surface area contributed by atoms with Crippen LogP contribution in [0.3, 0.4) is 0 Å². The van der Waals surface area contributed by atoms with Crippen LogP contribution in [0.25, 0.3) is 0 Å². The Balaban J connectivity index is 1.28. The second-order valence-corrected chi connectivity index (χ2v) is 11.2. The first-order chi connectivity index (χ1) is 17.7. The SMILES string of the molecule is Cc1c(CCCc2ccc(Cl)c(Cl)c2)ncnc1C(=O)N1CCC(N2CCN(C(=O)C(C)C)CC2)CC1. The van der Waals surface area contributed by atoms with Gasteiger partial charge in [-0.3, -0.25) is 14.5 Å². The van der Waals surface area contributed by atoms with Gasteiger partial charge in [-0.1, -0.05) is 43.1 Å². The van der Waals surface area contributed by atoms with Gasteiger partial charge in [-0.15, -0.1) is 0 Å². The van der Waals surface area contributed by atoms with Crippen LogP contribution in [0.1, 0.15) is 60.4 Å². The first-order valence-corrected chi connectivity index (χ1v) is 14.1. The molecule has 0 aliphatic carbocycles. The van der Waals surface area contributed by atoms with E-state index in [4.69, 9.17) is 23.2 Å². The van der Waals surface area contributed by atoms with Crippen molar-refractivity contribution in [3.63, 3.8) is 0 Å². The molecule has 9 heteroatoms. The van der Waals surface area contributed by atoms with Crippen LogP contribution in [0.15, 0.2) is 24.5 Å². The molecule has 1 aromatic carbocycles. The zero-order valence-electron chi connectivity index (χ0n) is 22.1. The van der Waals surface area contributed by atoms with Crippen LogP contribution >= 0.6 is 23.2 Å². The number of carbonyl (C=O) groups excluding carboxylic acids is 2. The molecule has 7 nitrogen and oxygen atoms in total. The van der Waals surface area contributed by atoms with Gasteiger partial charge < -0.3 is 9.80 Å². The van der Waals surface area contributed by atoms with E-state index in [0.717, 1.165) is 88.2 Å². The Morgan fingerprint density at radius 1 is 0.946 bits per heavy atom. The maximum absolute atomic E-state index is 13.4. The Labute approximate surface area is 230 Å². The molecule has 200 valence electrons. The van der Waals surface area contributed by atoms with Crippen molar-refractivity contribution in [2.45, 2.75) is 58.9 Å². The number of amides is 2. The lowest BCUT2D eigenvalue weighted by atomic mass is 10.0. The fourth-order valence-electron chi connectivity index (χ4n) is 5.37. The summed E-state index contributed by atoms with van der Waals surface area (Å²) in [5.41, 5.74) is 3.43. The van der Waals surface area contributed by atoms with E-state index in [1.54, 1.807) is 0 Å². The summed E-state index contributed by atoms with van der Waals surface area (Å²) in [6.07, 6.45) is 5.93. The lowest BCUT2D eigenvalue weighted by Gasteiger charge is -2.43. The van der Waals surface area contributed by atoms with Gasteiger partial charge in [0, 0.05) is 62.5 Å². The van der Waals surface area contributed by atoms with Gasteiger partial charge in [0.2, 0.25) is 5.91 Å². The van der Waals surface area contributed by atoms with Gasteiger partial charge in [-0.2, -0.15) is 0 Å². The largest absolute Gasteiger partial charge is 0.340 e. The maximum Gasteiger partial charge on any atom is 0.272 e. The number of hydrogen-bond acceptors (Lipinski definition) is 5. The minimum absolute atomic E-state index is 0.00330. The van der Waals surface area contributed by atoms with Crippen molar-refractivity contribution in [3.05, 3.63) is 57.1 Å². The molecule has 4 rings (SSSR count). The van der Waals surface area contributed by atoms with Gasteiger partial charge in [0.15, 0.2) is 0 Å². The molecule has 0 bridgehead atoms. The number of benzene rings is 1. The van der Waals surface area contributed by atoms with Crippen molar-refractivity contribution in [3.8, 4) is 0 Å². The summed E-state index contributed by atoms with van der Waals surface area (Å²) in [6.45, 7) is 10.7. The van der Waals surface area contributed by atoms with Crippen molar-refractivity contribution in [2.75, 3.05) is 39.3 Å². The van der Waals surface area contributed by atoms with Crippen LogP contribution in [-0.4, -0.2) is 81.8 Å². The molecule has 2 aliphatic heterocycles. The van der Waals surface area contributed by atoms with E-state index in [1.807, 2.05) is 48.8 Å². The third-order valence-corrected chi connectivity index (χ3v) is 8.38. The summed E-state index contributed by atoms with van der Waals surface area (Å²) in [5.74, 6) is 0.291. The summed E-state index contributed by atoms with van der Waals surface area (Å²) >= 11 is 12.1. The highest BCUT2D eigenvalue weighted by molar-refractivity contribution is 6.42. The van der Waals surface area contributed by atoms with Crippen LogP contribution in [0.5, 0.6) is 0 Å². The predicted molar refractivity (Wildman–Crippen MR) is 147 cm³/mol. The molecular weight excluding hydrogens is 509 g/mol. The fourth-order valence-corrected chi connectivity index (χ4v) is 5.69. The smallest absolute Gasteiger partial charge is 0.272 e. The molecule has 37 heavy (non-hydrogen) atoms. The van der Waals surface area contributed by atoms with Crippen molar-refractivity contribution < 1.29 is 9.59 Å². The number of hydrogen-bond donors (Lipinski definition) is 0. The molecule has 0 radical (unpaired) electrons. The Kier molecular flexibility index (Phi) is 9.43. The minimum Gasteiger partial charge on any atom is -0.340 e. The summed E-state index contributed by atoms with van der Waals surface area (Å²) in [5, 5.41) is 1.13. The summed E-state index contributed by atoms with van der Waals surface area (Å²) < 4.78 is 0. The monoisotopic (exact) mass is 545 g/mol. The van der Waals surface area contributed by atoms with E-state index in [-0.39, 0.29) is 17.7 Å². The predicted octanol–water partition coefficient (Wildman–Crippen LogP) is 4.67. The Hall–Kier alpha value is -2.22. The van der Waals surface area contributed by atoms with E-state index >= 15 is 0 Å². The van der Waals surface area contributed by atoms with Crippen LogP contribution in [0.2, 0.25) is 10.0 Å². The van der Waals surface area contributed by atoms with Crippen molar-refractivity contribution in [2.24, 2.45) is 5.92 Å². The molecule has 0 unspecified atom stereocenters. The Morgan fingerprint density at radius 3 is 2.30 bits per heavy atom. The van der Waals surface area contributed by atoms with E-state index in [1.165, 1.54) is 6.33 Å². The lowest BCUT2D eigenvalue weighted by molar-refractivity contribution is -0.136. The van der Waals surface area contributed by atoms with Gasteiger partial charge in [0.25, 0.3) is 5.91 Å². The minimum atomic E-state index is -0.00330. The van der Waals surface area contributed by atoms with E-state index < -0.39 is 0 Å². The van der Waals surface area contributed by atoms with Crippen LogP contribution in [0, 0.1) is 12.8 Å². The Morgan fingerprint density at radius 2 is 1.65 bits per heavy atom. The molecule has 2 saturated heterocycles. The lowest BCUT2D eigenvalue weighted by Crippen LogP contribution is -2.55. The first-order valence-electron chi connectivity index (χ1n) is 13.3. The highest BCUT2D eigenvalue weighted by Gasteiger charge is 2.31. The molecule has 2 fully saturated rings. The highest BCUT2D eigenvalue weighted by Crippen LogP contribution is 2.24. The van der Waals surface area contributed by atoms with Gasteiger partial charge in [0.1, 0.15) is 12.0 Å². The summed E-state index contributed by atoms with van der Waals surface area (Å²) in [4.78, 5) is 40.9. The molecule has 0 atom stereocenters. The zero-order valence-corrected chi connectivity index (χ0v) is 23.6. The zero-order chi connectivity index (χ0) is 26.5. The Bertz CT molecular complexity index is 1110. The molecule has 0 saturated carbocycles. The number of nitrogens with zero attached hydrogens (tertiary/aromatic N) is 5. The molecule has 0 spiro atoms. The molecule has 3 heterocycles. The van der Waals surface area contributed by atoms with Gasteiger partial charge in [0.05, 0.1) is 10.0 Å². The summed E-state index contributed by atoms with van der Waals surface area (Å²) in [7, 11) is 0. The maximum atomic E-state index is 13.4. The number of likely N-dealkylation sites (tertiary alicyclic amines) is 1. The molecule has 1 aromatic heterocycles. The quantitative estimate of drug-likeness (QED) is 0.505. The second-order valence-electron chi connectivity index (χ2n) is 10.4. The third-order valence-electron chi connectivity index (χ3n) is 7.64. The van der Waals surface area contributed by atoms with Crippen molar-refractivity contribution in [1.82, 2.24) is 24.7 Å². The normalized spacial score (nSPS) is 17.5. The van der Waals surface area contributed by atoms with Crippen LogP contribution in [-0.2, 0) is 17.6 Å². The topological polar surface area (TPSA) is 69.6 Å². The van der Waals surface area contributed by atoms with Gasteiger partial charge >= 0.3 is 0 Å². The standard InChI is InChI=1S/C28H37Cl2N5O2/c1-19(2)27(36)35-15-13-33(14-16-35)22-9-11-34(12-10-22)28(37)26-20(3)25(31-18-32-26)6-4-5-21-7-8-23(29)24(30)17-21/h7-8,17-19,22H,4-6,9-16H2,1-3H3. The molecule has 0 N–H and O–H groups in total. The van der Waals surface area contributed by atoms with E-state index in [2.05, 4.69) is 14.9 Å². The molecular formula is C28H37Cl2N5O2. The fraction of sp³-hybridized carbons (Fsp3) is 0.571. The second kappa shape index (κ2) is 12.5. The molecule has 2 amide bonds. The number of aromatic nitrogens is 2. The average Bonchev–Trinajstić information content (AvgIpc) is 2.91. The third kappa shape index (κ3) is 6.81. The summed E-state index contributed by atoms with van der Waals surface area (Å²) in [6, 6.07) is 6.18. The number of halogens is 2. The van der Waals surface area contributed by atoms with Crippen molar-refractivity contribution >= 4 is 35.0 Å². The van der Waals surface area contributed by atoms with Crippen molar-refractivity contribution in [1.29, 1.82) is 0 Å². The first kappa shape index (κ1) is 27.8. The molecule has 2 aromatic rings. The van der Waals surface area contributed by atoms with Crippen LogP contribution < -0.4 is 0 Å². The number of carbonyl (C=O) groups is 2. The number of piperazine rings is 1. The van der Waals surface area contributed by atoms with Gasteiger partial charge in [-0.25, -0.2) is 9.97 Å². The number of aryl methyl sites for hydroxylation is 2.